The molecule has 0 saturated carbocycles. The zero-order valence-electron chi connectivity index (χ0n) is 40.2. The maximum absolute atomic E-state index is 13.7. The number of nitrogens with zero attached hydrogens (tertiary/aromatic N) is 14. The SMILES string of the molecule is CC=C=Cn1c(N2CCC[C@@H](N)C2)nc2c1c(=O)n(Cc1nc(C)c3ccccc3n1)c(=O)n2C.CC=C=Cn1c(N2CCC[C@@H](N)C2)nc2c1c(=O)n(Cc1nc(C)c3ccccc3n1)c(=O)n2C. The Kier molecular flexibility index (Phi) is 13.1. The number of aromatic nitrogens is 12. The first-order valence-corrected chi connectivity index (χ1v) is 23.4. The smallest absolute Gasteiger partial charge is 0.332 e. The van der Waals surface area contributed by atoms with E-state index in [1.807, 2.05) is 76.2 Å². The highest BCUT2D eigenvalue weighted by atomic mass is 16.2. The second-order valence-electron chi connectivity index (χ2n) is 17.7. The third-order valence-corrected chi connectivity index (χ3v) is 12.8. The normalized spacial score (nSPS) is 16.0. The number of anilines is 2. The first-order chi connectivity index (χ1) is 33.8. The summed E-state index contributed by atoms with van der Waals surface area (Å²) in [6.07, 6.45) is 10.6. The molecule has 20 nitrogen and oxygen atoms in total. The van der Waals surface area contributed by atoms with Crippen LogP contribution in [-0.2, 0) is 27.2 Å². The molecule has 2 saturated heterocycles. The van der Waals surface area contributed by atoms with Gasteiger partial charge in [-0.05, 0) is 77.7 Å². The molecule has 8 aromatic rings. The van der Waals surface area contributed by atoms with Gasteiger partial charge in [0.25, 0.3) is 11.1 Å². The van der Waals surface area contributed by atoms with Gasteiger partial charge in [-0.15, -0.1) is 11.5 Å². The molecule has 2 atom stereocenters. The molecule has 70 heavy (non-hydrogen) atoms. The molecule has 20 heteroatoms. The minimum atomic E-state index is -0.474. The Morgan fingerprint density at radius 1 is 0.600 bits per heavy atom. The minimum Gasteiger partial charge on any atom is -0.340 e. The van der Waals surface area contributed by atoms with Gasteiger partial charge >= 0.3 is 11.4 Å². The summed E-state index contributed by atoms with van der Waals surface area (Å²) >= 11 is 0. The van der Waals surface area contributed by atoms with Gasteiger partial charge in [-0.1, -0.05) is 36.4 Å². The van der Waals surface area contributed by atoms with Crippen molar-refractivity contribution in [3.05, 3.63) is 137 Å². The molecule has 6 aromatic heterocycles. The monoisotopic (exact) mass is 944 g/mol. The largest absolute Gasteiger partial charge is 0.340 e. The number of benzene rings is 2. The van der Waals surface area contributed by atoms with Crippen LogP contribution in [-0.4, -0.2) is 95.6 Å². The van der Waals surface area contributed by atoms with E-state index in [2.05, 4.69) is 41.2 Å². The molecule has 0 spiro atoms. The van der Waals surface area contributed by atoms with E-state index in [-0.39, 0.29) is 25.2 Å². The van der Waals surface area contributed by atoms with Crippen molar-refractivity contribution in [3.63, 3.8) is 0 Å². The summed E-state index contributed by atoms with van der Waals surface area (Å²) in [4.78, 5) is 85.9. The first kappa shape index (κ1) is 47.1. The number of rotatable bonds is 8. The van der Waals surface area contributed by atoms with Gasteiger partial charge in [0.05, 0.1) is 36.5 Å². The molecule has 0 amide bonds. The number of para-hydroxylation sites is 2. The summed E-state index contributed by atoms with van der Waals surface area (Å²) in [7, 11) is 3.24. The molecule has 2 aliphatic heterocycles. The third-order valence-electron chi connectivity index (χ3n) is 12.8. The number of hydrogen-bond acceptors (Lipinski definition) is 14. The topological polar surface area (TPSA) is 234 Å². The van der Waals surface area contributed by atoms with E-state index in [4.69, 9.17) is 21.4 Å². The molecule has 4 N–H and O–H groups in total. The van der Waals surface area contributed by atoms with Gasteiger partial charge in [-0.25, -0.2) is 29.5 Å². The number of nitrogens with two attached hydrogens (primary N) is 2. The fourth-order valence-corrected chi connectivity index (χ4v) is 9.32. The molecule has 0 bridgehead atoms. The molecule has 2 aliphatic rings. The highest BCUT2D eigenvalue weighted by Crippen LogP contribution is 2.25. The number of fused-ring (bicyclic) bond motifs is 4. The van der Waals surface area contributed by atoms with Crippen molar-refractivity contribution in [2.24, 2.45) is 25.6 Å². The lowest BCUT2D eigenvalue weighted by Gasteiger charge is -2.31. The fourth-order valence-electron chi connectivity index (χ4n) is 9.32. The summed E-state index contributed by atoms with van der Waals surface area (Å²) in [6, 6.07) is 15.4. The van der Waals surface area contributed by atoms with Crippen LogP contribution in [0.5, 0.6) is 0 Å². The zero-order chi connectivity index (χ0) is 49.4. The van der Waals surface area contributed by atoms with Crippen molar-refractivity contribution in [1.29, 1.82) is 0 Å². The van der Waals surface area contributed by atoms with Crippen LogP contribution in [0.3, 0.4) is 0 Å². The highest BCUT2D eigenvalue weighted by molar-refractivity contribution is 5.82. The van der Waals surface area contributed by atoms with Crippen LogP contribution in [0.2, 0.25) is 0 Å². The van der Waals surface area contributed by atoms with Crippen LogP contribution in [0.1, 0.15) is 62.6 Å². The average Bonchev–Trinajstić information content (AvgIpc) is 3.94. The lowest BCUT2D eigenvalue weighted by molar-refractivity contribution is 0.499. The minimum absolute atomic E-state index is 0.0245. The zero-order valence-corrected chi connectivity index (χ0v) is 40.2. The summed E-state index contributed by atoms with van der Waals surface area (Å²) in [5.74, 6) is 1.95. The van der Waals surface area contributed by atoms with Gasteiger partial charge in [0, 0.05) is 74.5 Å². The van der Waals surface area contributed by atoms with Gasteiger partial charge < -0.3 is 21.3 Å². The average molecular weight is 945 g/mol. The number of allylic oxidation sites excluding steroid dienone is 2. The van der Waals surface area contributed by atoms with Gasteiger partial charge in [0.2, 0.25) is 11.9 Å². The summed E-state index contributed by atoms with van der Waals surface area (Å²) < 4.78 is 8.55. The van der Waals surface area contributed by atoms with Crippen molar-refractivity contribution < 1.29 is 0 Å². The lowest BCUT2D eigenvalue weighted by atomic mass is 10.1. The van der Waals surface area contributed by atoms with Gasteiger partial charge in [0.1, 0.15) is 11.6 Å². The van der Waals surface area contributed by atoms with Crippen LogP contribution in [0.25, 0.3) is 56.5 Å². The molecule has 360 valence electrons. The maximum Gasteiger partial charge on any atom is 0.332 e. The predicted molar refractivity (Wildman–Crippen MR) is 273 cm³/mol. The second kappa shape index (κ2) is 19.5. The molecule has 0 unspecified atom stereocenters. The molecule has 0 aliphatic carbocycles. The van der Waals surface area contributed by atoms with Crippen LogP contribution < -0.4 is 43.8 Å². The Morgan fingerprint density at radius 2 is 1.00 bits per heavy atom. The number of imidazole rings is 2. The molecular formula is C50H56N16O4. The molecule has 10 rings (SSSR count). The molecule has 0 radical (unpaired) electrons. The number of hydrogen-bond donors (Lipinski definition) is 2. The van der Waals surface area contributed by atoms with E-state index < -0.39 is 22.5 Å². The molecule has 2 fully saturated rings. The van der Waals surface area contributed by atoms with Crippen LogP contribution in [0.15, 0.2) is 91.3 Å². The van der Waals surface area contributed by atoms with Gasteiger partial charge in [-0.3, -0.25) is 37.0 Å². The van der Waals surface area contributed by atoms with Gasteiger partial charge in [0.15, 0.2) is 22.3 Å². The van der Waals surface area contributed by atoms with Crippen molar-refractivity contribution in [2.75, 3.05) is 36.0 Å². The Morgan fingerprint density at radius 3 is 1.39 bits per heavy atom. The van der Waals surface area contributed by atoms with Crippen molar-refractivity contribution in [2.45, 2.75) is 78.6 Å². The number of piperidine rings is 2. The van der Waals surface area contributed by atoms with Crippen molar-refractivity contribution in [3.8, 4) is 0 Å². The number of aryl methyl sites for hydroxylation is 4. The van der Waals surface area contributed by atoms with E-state index in [1.165, 1.54) is 18.3 Å². The molecule has 8 heterocycles. The Bertz CT molecular complexity index is 3480. The van der Waals surface area contributed by atoms with Crippen molar-refractivity contribution >= 4 is 68.4 Å². The van der Waals surface area contributed by atoms with E-state index >= 15 is 0 Å². The standard InChI is InChI=1S/2C25H28N8O2/c2*1-4-5-13-32-21-22(29-24(32)31-12-8-9-17(26)14-31)30(3)25(35)33(23(21)34)15-20-27-16(2)18-10-6-7-11-19(18)28-20/h2*4,6-7,10-11,13,17H,8-9,12,14-15,26H2,1-3H3/t2*5?,17-/m11/s1. The molecular weight excluding hydrogens is 889 g/mol. The summed E-state index contributed by atoms with van der Waals surface area (Å²) in [5.41, 5.74) is 21.0. The van der Waals surface area contributed by atoms with Crippen molar-refractivity contribution in [1.82, 2.24) is 57.3 Å². The van der Waals surface area contributed by atoms with Gasteiger partial charge in [-0.2, -0.15) is 9.97 Å². The third kappa shape index (κ3) is 8.80. The van der Waals surface area contributed by atoms with E-state index in [1.54, 1.807) is 47.8 Å². The summed E-state index contributed by atoms with van der Waals surface area (Å²) in [5, 5.41) is 1.87. The fraction of sp³-hybridized carbons (Fsp3) is 0.360. The Hall–Kier alpha value is -8.02. The van der Waals surface area contributed by atoms with E-state index in [9.17, 15) is 19.2 Å². The highest BCUT2D eigenvalue weighted by Gasteiger charge is 2.28. The predicted octanol–water partition coefficient (Wildman–Crippen LogP) is 3.54. The quantitative estimate of drug-likeness (QED) is 0.208. The second-order valence-corrected chi connectivity index (χ2v) is 17.7. The summed E-state index contributed by atoms with van der Waals surface area (Å²) in [6.45, 7) is 10.2. The Labute approximate surface area is 401 Å². The van der Waals surface area contributed by atoms with Crippen LogP contribution >= 0.6 is 0 Å². The lowest BCUT2D eigenvalue weighted by Crippen LogP contribution is -2.43. The Balaban J connectivity index is 0.000000174. The van der Waals surface area contributed by atoms with E-state index in [0.717, 1.165) is 72.0 Å². The van der Waals surface area contributed by atoms with Crippen LogP contribution in [0.4, 0.5) is 11.9 Å². The maximum atomic E-state index is 13.7. The molecule has 2 aromatic carbocycles. The van der Waals surface area contributed by atoms with E-state index in [0.29, 0.717) is 59.0 Å². The first-order valence-electron chi connectivity index (χ1n) is 23.4. The van der Waals surface area contributed by atoms with Crippen LogP contribution in [0, 0.1) is 13.8 Å².